The predicted octanol–water partition coefficient (Wildman–Crippen LogP) is 3.84. The number of aliphatic hydroxyl groups is 2. The number of amides is 2. The van der Waals surface area contributed by atoms with Crippen molar-refractivity contribution in [1.29, 1.82) is 0 Å². The van der Waals surface area contributed by atoms with Gasteiger partial charge in [0, 0.05) is 29.1 Å². The van der Waals surface area contributed by atoms with Crippen molar-refractivity contribution < 1.29 is 29.3 Å². The second-order valence-electron chi connectivity index (χ2n) is 13.7. The van der Waals surface area contributed by atoms with Gasteiger partial charge < -0.3 is 14.9 Å². The first-order valence-electron chi connectivity index (χ1n) is 13.4. The Morgan fingerprint density at radius 2 is 1.55 bits per heavy atom. The third-order valence-corrected chi connectivity index (χ3v) is 11.6. The Kier molecular flexibility index (Phi) is 4.55. The van der Waals surface area contributed by atoms with E-state index in [4.69, 9.17) is 4.74 Å². The molecular weight excluding hydrogens is 482 g/mol. The summed E-state index contributed by atoms with van der Waals surface area (Å²) in [6.07, 6.45) is 2.70. The van der Waals surface area contributed by atoms with E-state index in [0.717, 1.165) is 0 Å². The Bertz CT molecular complexity index is 1360. The summed E-state index contributed by atoms with van der Waals surface area (Å²) in [5, 5.41) is 23.7. The van der Waals surface area contributed by atoms with Crippen molar-refractivity contribution in [3.05, 3.63) is 59.7 Å². The standard InChI is InChI=1S/C31H37NO6/c1-9-27(6)15-22(34)31-26(4,5)30(37)16-21(33)25(2,3)19(28(30,31)7)14-20(29(31,8)38-27)32-23(35)17-12-10-11-13-18(17)24(32)36/h9-14,20-21,33,37H,1,15-16H2,2-8H3/t20-,21?,27-,28+,29+,30+,31-/m0/s1. The quantitative estimate of drug-likeness (QED) is 0.455. The van der Waals surface area contributed by atoms with Gasteiger partial charge in [-0.05, 0) is 26.0 Å². The molecule has 6 rings (SSSR count). The maximum Gasteiger partial charge on any atom is 0.262 e. The Labute approximate surface area is 223 Å². The molecular formula is C31H37NO6. The topological polar surface area (TPSA) is 104 Å². The molecule has 2 N–H and O–H groups in total. The number of hydrogen-bond donors (Lipinski definition) is 2. The zero-order valence-corrected chi connectivity index (χ0v) is 23.2. The van der Waals surface area contributed by atoms with Crippen LogP contribution in [0.4, 0.5) is 0 Å². The summed E-state index contributed by atoms with van der Waals surface area (Å²) < 4.78 is 6.93. The molecule has 2 saturated carbocycles. The number of carbonyl (C=O) groups is 3. The summed E-state index contributed by atoms with van der Waals surface area (Å²) in [6, 6.07) is 5.75. The number of aliphatic hydroxyl groups excluding tert-OH is 1. The molecule has 2 aliphatic heterocycles. The number of carbonyl (C=O) groups excluding carboxylic acids is 3. The minimum absolute atomic E-state index is 0.0479. The van der Waals surface area contributed by atoms with Crippen LogP contribution in [-0.2, 0) is 9.53 Å². The second kappa shape index (κ2) is 6.75. The lowest BCUT2D eigenvalue weighted by molar-refractivity contribution is -0.419. The zero-order valence-electron chi connectivity index (χ0n) is 23.2. The largest absolute Gasteiger partial charge is 0.392 e. The van der Waals surface area contributed by atoms with E-state index < -0.39 is 62.4 Å². The van der Waals surface area contributed by atoms with Crippen molar-refractivity contribution >= 4 is 17.6 Å². The minimum atomic E-state index is -1.42. The smallest absolute Gasteiger partial charge is 0.262 e. The Morgan fingerprint density at radius 3 is 2.08 bits per heavy atom. The van der Waals surface area contributed by atoms with Gasteiger partial charge in [-0.3, -0.25) is 19.3 Å². The highest BCUT2D eigenvalue weighted by molar-refractivity contribution is 6.22. The van der Waals surface area contributed by atoms with Gasteiger partial charge in [-0.15, -0.1) is 6.58 Å². The van der Waals surface area contributed by atoms with E-state index in [1.165, 1.54) is 4.90 Å². The van der Waals surface area contributed by atoms with Gasteiger partial charge in [-0.2, -0.15) is 0 Å². The molecule has 5 aliphatic rings. The lowest BCUT2D eigenvalue weighted by Crippen LogP contribution is -2.95. The van der Waals surface area contributed by atoms with Gasteiger partial charge >= 0.3 is 0 Å². The van der Waals surface area contributed by atoms with Gasteiger partial charge in [0.25, 0.3) is 11.8 Å². The van der Waals surface area contributed by atoms with Crippen molar-refractivity contribution in [3.8, 4) is 0 Å². The molecule has 7 heteroatoms. The van der Waals surface area contributed by atoms with Crippen molar-refractivity contribution in [1.82, 2.24) is 4.90 Å². The maximum absolute atomic E-state index is 14.7. The van der Waals surface area contributed by atoms with Crippen molar-refractivity contribution in [2.45, 2.75) is 90.3 Å². The van der Waals surface area contributed by atoms with Crippen LogP contribution in [0.2, 0.25) is 0 Å². The number of imide groups is 1. The Balaban J connectivity index is 1.71. The molecule has 202 valence electrons. The van der Waals surface area contributed by atoms with E-state index in [1.54, 1.807) is 37.3 Å². The number of nitrogens with zero attached hydrogens (tertiary/aromatic N) is 1. The monoisotopic (exact) mass is 519 g/mol. The van der Waals surface area contributed by atoms with Gasteiger partial charge in [0.1, 0.15) is 11.4 Å². The van der Waals surface area contributed by atoms with Gasteiger partial charge in [0.2, 0.25) is 0 Å². The van der Waals surface area contributed by atoms with Crippen LogP contribution in [0.5, 0.6) is 0 Å². The molecule has 38 heavy (non-hydrogen) atoms. The summed E-state index contributed by atoms with van der Waals surface area (Å²) in [6.45, 7) is 17.0. The molecule has 0 radical (unpaired) electrons. The van der Waals surface area contributed by atoms with Crippen LogP contribution >= 0.6 is 0 Å². The molecule has 1 aromatic rings. The van der Waals surface area contributed by atoms with E-state index >= 15 is 0 Å². The van der Waals surface area contributed by atoms with Gasteiger partial charge in [0.15, 0.2) is 0 Å². The number of fused-ring (bicyclic) bond motifs is 1. The second-order valence-corrected chi connectivity index (χ2v) is 13.7. The van der Waals surface area contributed by atoms with E-state index in [2.05, 4.69) is 6.58 Å². The first-order valence-corrected chi connectivity index (χ1v) is 13.4. The summed E-state index contributed by atoms with van der Waals surface area (Å²) in [5.74, 6) is -0.989. The third-order valence-electron chi connectivity index (χ3n) is 11.6. The fourth-order valence-corrected chi connectivity index (χ4v) is 10.00. The van der Waals surface area contributed by atoms with Crippen LogP contribution in [0.3, 0.4) is 0 Å². The van der Waals surface area contributed by atoms with Crippen molar-refractivity contribution in [2.24, 2.45) is 21.7 Å². The molecule has 3 fully saturated rings. The van der Waals surface area contributed by atoms with E-state index in [-0.39, 0.29) is 18.6 Å². The molecule has 2 heterocycles. The normalized spacial score (nSPS) is 46.0. The van der Waals surface area contributed by atoms with Crippen LogP contribution in [0.25, 0.3) is 0 Å². The molecule has 1 aromatic carbocycles. The van der Waals surface area contributed by atoms with Gasteiger partial charge in [0.05, 0.1) is 39.9 Å². The predicted molar refractivity (Wildman–Crippen MR) is 140 cm³/mol. The molecule has 1 saturated heterocycles. The third kappa shape index (κ3) is 2.19. The fraction of sp³-hybridized carbons (Fsp3) is 0.581. The van der Waals surface area contributed by atoms with Crippen LogP contribution in [0.1, 0.15) is 82.0 Å². The Morgan fingerprint density at radius 1 is 1.00 bits per heavy atom. The van der Waals surface area contributed by atoms with E-state index in [9.17, 15) is 24.6 Å². The fourth-order valence-electron chi connectivity index (χ4n) is 10.00. The number of ether oxygens (including phenoxy) is 1. The molecule has 1 spiro atoms. The summed E-state index contributed by atoms with van der Waals surface area (Å²) in [4.78, 5) is 43.6. The van der Waals surface area contributed by atoms with Crippen LogP contribution < -0.4 is 0 Å². The first-order chi connectivity index (χ1) is 17.4. The van der Waals surface area contributed by atoms with Crippen LogP contribution in [0, 0.1) is 21.7 Å². The minimum Gasteiger partial charge on any atom is -0.392 e. The van der Waals surface area contributed by atoms with E-state index in [0.29, 0.717) is 16.7 Å². The SMILES string of the molecule is C=C[C@@]1(C)CC(=O)[C@@]23C(C)(C)[C@]4(O)CC(O)C(C)(C)C(=C[C@H](N5C(=O)c6ccccc6C5=O)[C@@]2(C)O1)[C@@]34C. The number of ketones is 1. The average Bonchev–Trinajstić information content (AvgIpc) is 3.07. The molecule has 0 aromatic heterocycles. The first kappa shape index (κ1) is 25.7. The molecule has 1 unspecified atom stereocenters. The van der Waals surface area contributed by atoms with Crippen LogP contribution in [-0.4, -0.2) is 61.7 Å². The van der Waals surface area contributed by atoms with Gasteiger partial charge in [-0.1, -0.05) is 64.5 Å². The summed E-state index contributed by atoms with van der Waals surface area (Å²) in [5.41, 5.74) is -6.85. The molecule has 7 atom stereocenters. The zero-order chi connectivity index (χ0) is 28.1. The number of benzene rings is 1. The average molecular weight is 520 g/mol. The number of hydrogen-bond acceptors (Lipinski definition) is 6. The molecule has 3 aliphatic carbocycles. The number of rotatable bonds is 2. The van der Waals surface area contributed by atoms with E-state index in [1.807, 2.05) is 47.6 Å². The lowest BCUT2D eigenvalue weighted by atomic mass is 9.18. The van der Waals surface area contributed by atoms with Crippen molar-refractivity contribution in [3.63, 3.8) is 0 Å². The van der Waals surface area contributed by atoms with Crippen molar-refractivity contribution in [2.75, 3.05) is 0 Å². The molecule has 2 amide bonds. The maximum atomic E-state index is 14.7. The highest BCUT2D eigenvalue weighted by Crippen LogP contribution is 2.87. The summed E-state index contributed by atoms with van der Waals surface area (Å²) >= 11 is 0. The highest BCUT2D eigenvalue weighted by atomic mass is 16.5. The number of Topliss-reactive ketones (excluding diaryl/α,β-unsaturated/α-hetero) is 1. The van der Waals surface area contributed by atoms with Gasteiger partial charge in [-0.25, -0.2) is 0 Å². The highest BCUT2D eigenvalue weighted by Gasteiger charge is 2.94. The lowest BCUT2D eigenvalue weighted by Gasteiger charge is -2.87. The Hall–Kier alpha value is -2.61. The molecule has 0 bridgehead atoms. The molecule has 7 nitrogen and oxygen atoms in total. The summed E-state index contributed by atoms with van der Waals surface area (Å²) in [7, 11) is 0. The van der Waals surface area contributed by atoms with Crippen LogP contribution in [0.15, 0.2) is 48.6 Å².